The van der Waals surface area contributed by atoms with Crippen LogP contribution in [-0.4, -0.2) is 30.3 Å². The van der Waals surface area contributed by atoms with E-state index in [9.17, 15) is 13.8 Å². The second-order valence-electron chi connectivity index (χ2n) is 6.59. The molecule has 0 saturated heterocycles. The third-order valence-corrected chi connectivity index (χ3v) is 5.95. The van der Waals surface area contributed by atoms with Crippen LogP contribution in [0.4, 0.5) is 0 Å². The van der Waals surface area contributed by atoms with E-state index in [1.807, 2.05) is 0 Å². The Labute approximate surface area is 173 Å². The standard InChI is InChI=1S/C20H20N6O3S/c1-14-10-18(27)17(12-26(14)19-8-9-23-25(19)2)20(28)22-11-15-4-6-16(7-5-15)30(3,29)24-13-21/h4-10,12H,3,11H2,1-2H3,(H,22,28)(H,24,29). The number of nitrogens with one attached hydrogen (secondary N) is 2. The molecule has 3 rings (SSSR count). The molecule has 0 aliphatic carbocycles. The minimum absolute atomic E-state index is 0.0115. The molecular weight excluding hydrogens is 404 g/mol. The Balaban J connectivity index is 1.78. The highest BCUT2D eigenvalue weighted by Crippen LogP contribution is 2.12. The van der Waals surface area contributed by atoms with E-state index in [4.69, 9.17) is 5.26 Å². The normalized spacial score (nSPS) is 12.6. The number of carbonyl (C=O) groups is 1. The van der Waals surface area contributed by atoms with Gasteiger partial charge in [0, 0.05) is 37.6 Å². The predicted molar refractivity (Wildman–Crippen MR) is 113 cm³/mol. The lowest BCUT2D eigenvalue weighted by molar-refractivity contribution is 0.0949. The molecule has 0 aliphatic heterocycles. The highest BCUT2D eigenvalue weighted by atomic mass is 32.2. The van der Waals surface area contributed by atoms with Crippen LogP contribution in [-0.2, 0) is 23.3 Å². The molecule has 9 nitrogen and oxygen atoms in total. The first kappa shape index (κ1) is 20.9. The maximum absolute atomic E-state index is 12.6. The van der Waals surface area contributed by atoms with Gasteiger partial charge in [0.1, 0.15) is 11.4 Å². The van der Waals surface area contributed by atoms with Crippen molar-refractivity contribution < 1.29 is 9.00 Å². The monoisotopic (exact) mass is 424 g/mol. The van der Waals surface area contributed by atoms with Gasteiger partial charge in [0.25, 0.3) is 5.91 Å². The zero-order valence-corrected chi connectivity index (χ0v) is 17.3. The number of benzene rings is 1. The van der Waals surface area contributed by atoms with Gasteiger partial charge in [0.2, 0.25) is 0 Å². The molecule has 0 radical (unpaired) electrons. The first-order valence-corrected chi connectivity index (χ1v) is 10.6. The van der Waals surface area contributed by atoms with Crippen LogP contribution in [0.2, 0.25) is 0 Å². The van der Waals surface area contributed by atoms with Crippen molar-refractivity contribution in [2.24, 2.45) is 7.05 Å². The summed E-state index contributed by atoms with van der Waals surface area (Å²) in [5.74, 6) is 3.72. The second-order valence-corrected chi connectivity index (χ2v) is 8.62. The topological polar surface area (TPSA) is 122 Å². The van der Waals surface area contributed by atoms with E-state index < -0.39 is 15.6 Å². The molecule has 0 bridgehead atoms. The Kier molecular flexibility index (Phi) is 5.75. The average molecular weight is 424 g/mol. The summed E-state index contributed by atoms with van der Waals surface area (Å²) in [6.07, 6.45) is 4.75. The summed E-state index contributed by atoms with van der Waals surface area (Å²) >= 11 is 0. The van der Waals surface area contributed by atoms with Gasteiger partial charge < -0.3 is 9.88 Å². The quantitative estimate of drug-likeness (QED) is 0.345. The summed E-state index contributed by atoms with van der Waals surface area (Å²) in [5.41, 5.74) is 1.05. The molecule has 2 N–H and O–H groups in total. The van der Waals surface area contributed by atoms with Crippen LogP contribution in [0.15, 0.2) is 58.5 Å². The van der Waals surface area contributed by atoms with Gasteiger partial charge in [-0.25, -0.2) is 8.93 Å². The van der Waals surface area contributed by atoms with Crippen molar-refractivity contribution in [3.05, 3.63) is 75.8 Å². The Hall–Kier alpha value is -3.84. The molecule has 3 aromatic rings. The van der Waals surface area contributed by atoms with Gasteiger partial charge in [-0.05, 0) is 30.5 Å². The first-order chi connectivity index (χ1) is 14.2. The van der Waals surface area contributed by atoms with Crippen LogP contribution >= 0.6 is 0 Å². The lowest BCUT2D eigenvalue weighted by atomic mass is 10.2. The van der Waals surface area contributed by atoms with Crippen molar-refractivity contribution in [3.8, 4) is 12.0 Å². The van der Waals surface area contributed by atoms with Gasteiger partial charge in [0.15, 0.2) is 11.6 Å². The number of pyridine rings is 1. The average Bonchev–Trinajstić information content (AvgIpc) is 3.12. The van der Waals surface area contributed by atoms with Crippen LogP contribution < -0.4 is 15.5 Å². The van der Waals surface area contributed by atoms with E-state index in [1.54, 1.807) is 65.9 Å². The highest BCUT2D eigenvalue weighted by molar-refractivity contribution is 7.98. The molecule has 1 aromatic carbocycles. The van der Waals surface area contributed by atoms with E-state index >= 15 is 0 Å². The summed E-state index contributed by atoms with van der Waals surface area (Å²) in [6, 6.07) is 9.67. The van der Waals surface area contributed by atoms with Crippen molar-refractivity contribution in [2.45, 2.75) is 18.4 Å². The largest absolute Gasteiger partial charge is 0.348 e. The molecule has 1 amide bonds. The minimum atomic E-state index is -2.89. The number of aromatic nitrogens is 3. The third-order valence-electron chi connectivity index (χ3n) is 4.50. The van der Waals surface area contributed by atoms with Crippen LogP contribution in [0.5, 0.6) is 0 Å². The fourth-order valence-electron chi connectivity index (χ4n) is 2.89. The predicted octanol–water partition coefficient (Wildman–Crippen LogP) is 0.870. The summed E-state index contributed by atoms with van der Waals surface area (Å²) in [6.45, 7) is 1.95. The third kappa shape index (κ3) is 4.26. The molecule has 2 aromatic heterocycles. The van der Waals surface area contributed by atoms with Crippen LogP contribution in [0.3, 0.4) is 0 Å². The molecule has 30 heavy (non-hydrogen) atoms. The molecule has 10 heteroatoms. The molecule has 1 atom stereocenters. The van der Waals surface area contributed by atoms with Gasteiger partial charge >= 0.3 is 0 Å². The second kappa shape index (κ2) is 8.26. The Morgan fingerprint density at radius 3 is 2.60 bits per heavy atom. The number of nitrogens with zero attached hydrogens (tertiary/aromatic N) is 4. The summed E-state index contributed by atoms with van der Waals surface area (Å²) < 4.78 is 17.7. The summed E-state index contributed by atoms with van der Waals surface area (Å²) in [5, 5.41) is 15.5. The number of aryl methyl sites for hydroxylation is 2. The van der Waals surface area contributed by atoms with Crippen molar-refractivity contribution >= 4 is 21.5 Å². The molecule has 0 aliphatic rings. The van der Waals surface area contributed by atoms with Gasteiger partial charge in [-0.1, -0.05) is 12.1 Å². The van der Waals surface area contributed by atoms with E-state index in [2.05, 4.69) is 21.0 Å². The van der Waals surface area contributed by atoms with Gasteiger partial charge in [0.05, 0.1) is 20.8 Å². The van der Waals surface area contributed by atoms with E-state index in [0.29, 0.717) is 10.6 Å². The van der Waals surface area contributed by atoms with E-state index in [1.165, 1.54) is 12.3 Å². The lowest BCUT2D eigenvalue weighted by Crippen LogP contribution is -2.29. The maximum Gasteiger partial charge on any atom is 0.257 e. The molecule has 0 spiro atoms. The number of hydrogen-bond acceptors (Lipinski definition) is 5. The number of nitriles is 1. The van der Waals surface area contributed by atoms with Crippen molar-refractivity contribution in [2.75, 3.05) is 0 Å². The summed E-state index contributed by atoms with van der Waals surface area (Å²) in [4.78, 5) is 25.3. The summed E-state index contributed by atoms with van der Waals surface area (Å²) in [7, 11) is -1.12. The van der Waals surface area contributed by atoms with Gasteiger partial charge in [-0.2, -0.15) is 10.4 Å². The van der Waals surface area contributed by atoms with Gasteiger partial charge in [-0.15, -0.1) is 0 Å². The number of hydrogen-bond donors (Lipinski definition) is 2. The molecule has 154 valence electrons. The maximum atomic E-state index is 12.6. The molecular formula is C20H20N6O3S. The van der Waals surface area contributed by atoms with Crippen LogP contribution in [0, 0.1) is 18.4 Å². The molecule has 0 fully saturated rings. The first-order valence-electron chi connectivity index (χ1n) is 8.85. The molecule has 0 saturated carbocycles. The van der Waals surface area contributed by atoms with Crippen molar-refractivity contribution in [1.29, 1.82) is 5.26 Å². The smallest absolute Gasteiger partial charge is 0.257 e. The van der Waals surface area contributed by atoms with Crippen molar-refractivity contribution in [3.63, 3.8) is 0 Å². The minimum Gasteiger partial charge on any atom is -0.348 e. The SMILES string of the molecule is C=S(=O)(NC#N)c1ccc(CNC(=O)c2cn(-c3ccnn3C)c(C)cc2=O)cc1. The zero-order chi connectivity index (χ0) is 21.9. The van der Waals surface area contributed by atoms with Crippen LogP contribution in [0.25, 0.3) is 5.82 Å². The van der Waals surface area contributed by atoms with Crippen molar-refractivity contribution in [1.82, 2.24) is 24.4 Å². The lowest BCUT2D eigenvalue weighted by Gasteiger charge is -2.13. The number of carbonyl (C=O) groups excluding carboxylic acids is 1. The molecule has 2 heterocycles. The Morgan fingerprint density at radius 2 is 2.00 bits per heavy atom. The van der Waals surface area contributed by atoms with E-state index in [0.717, 1.165) is 11.4 Å². The highest BCUT2D eigenvalue weighted by Gasteiger charge is 2.14. The fraction of sp³-hybridized carbons (Fsp3) is 0.150. The zero-order valence-electron chi connectivity index (χ0n) is 16.5. The number of rotatable bonds is 6. The fourth-order valence-corrected chi connectivity index (χ4v) is 3.73. The van der Waals surface area contributed by atoms with Crippen LogP contribution in [0.1, 0.15) is 21.6 Å². The molecule has 1 unspecified atom stereocenters. The Bertz CT molecular complexity index is 1300. The van der Waals surface area contributed by atoms with E-state index in [-0.39, 0.29) is 17.5 Å². The number of amides is 1. The Morgan fingerprint density at radius 1 is 1.30 bits per heavy atom. The van der Waals surface area contributed by atoms with Gasteiger partial charge in [-0.3, -0.25) is 14.3 Å².